The number of anilines is 1. The molecular formula is C14H21N5O. The normalized spacial score (nSPS) is 10.9. The molecule has 108 valence electrons. The Bertz CT molecular complexity index is 552. The van der Waals surface area contributed by atoms with Crippen LogP contribution in [-0.4, -0.2) is 33.4 Å². The third-order valence-corrected chi connectivity index (χ3v) is 3.12. The molecule has 0 atom stereocenters. The van der Waals surface area contributed by atoms with Gasteiger partial charge >= 0.3 is 0 Å². The van der Waals surface area contributed by atoms with Crippen molar-refractivity contribution in [1.29, 1.82) is 0 Å². The molecule has 1 heterocycles. The number of rotatable bonds is 7. The Labute approximate surface area is 118 Å². The van der Waals surface area contributed by atoms with Gasteiger partial charge in [0.25, 0.3) is 0 Å². The highest BCUT2D eigenvalue weighted by atomic mass is 16.5. The predicted octanol–water partition coefficient (Wildman–Crippen LogP) is 2.05. The molecule has 0 spiro atoms. The van der Waals surface area contributed by atoms with Crippen molar-refractivity contribution in [2.75, 3.05) is 18.9 Å². The molecule has 20 heavy (non-hydrogen) atoms. The molecule has 1 aromatic carbocycles. The van der Waals surface area contributed by atoms with E-state index in [0.29, 0.717) is 18.8 Å². The lowest BCUT2D eigenvalue weighted by Crippen LogP contribution is -2.10. The topological polar surface area (TPSA) is 78.8 Å². The number of aromatic nitrogens is 4. The summed E-state index contributed by atoms with van der Waals surface area (Å²) in [7, 11) is 0. The first kappa shape index (κ1) is 14.5. The molecule has 0 fully saturated rings. The fourth-order valence-electron chi connectivity index (χ4n) is 1.93. The standard InChI is InChI=1S/C14H21N5O/c1-3-4-8-20-9-7-19-14(16-17-18-19)13-10-12(15)6-5-11(13)2/h5-6,10H,3-4,7-9,15H2,1-2H3. The van der Waals surface area contributed by atoms with Crippen molar-refractivity contribution < 1.29 is 4.74 Å². The summed E-state index contributed by atoms with van der Waals surface area (Å²) < 4.78 is 7.31. The second kappa shape index (κ2) is 7.00. The average Bonchev–Trinajstić information content (AvgIpc) is 2.89. The minimum atomic E-state index is 0.611. The lowest BCUT2D eigenvalue weighted by Gasteiger charge is -2.08. The van der Waals surface area contributed by atoms with E-state index in [0.717, 1.165) is 36.4 Å². The highest BCUT2D eigenvalue weighted by Crippen LogP contribution is 2.22. The molecule has 6 nitrogen and oxygen atoms in total. The largest absolute Gasteiger partial charge is 0.399 e. The minimum Gasteiger partial charge on any atom is -0.399 e. The Balaban J connectivity index is 2.06. The van der Waals surface area contributed by atoms with E-state index in [9.17, 15) is 0 Å². The van der Waals surface area contributed by atoms with E-state index in [2.05, 4.69) is 22.4 Å². The smallest absolute Gasteiger partial charge is 0.182 e. The number of nitrogens with zero attached hydrogens (tertiary/aromatic N) is 4. The Hall–Kier alpha value is -1.95. The number of nitrogens with two attached hydrogens (primary N) is 1. The SMILES string of the molecule is CCCCOCCn1nnnc1-c1cc(N)ccc1C. The summed E-state index contributed by atoms with van der Waals surface area (Å²) in [6, 6.07) is 5.75. The molecule has 0 radical (unpaired) electrons. The van der Waals surface area contributed by atoms with Crippen molar-refractivity contribution in [3.63, 3.8) is 0 Å². The monoisotopic (exact) mass is 275 g/mol. The Morgan fingerprint density at radius 3 is 2.95 bits per heavy atom. The van der Waals surface area contributed by atoms with Gasteiger partial charge in [0.1, 0.15) is 0 Å². The number of tetrazole rings is 1. The number of unbranched alkanes of at least 4 members (excludes halogenated alkanes) is 1. The number of hydrogen-bond donors (Lipinski definition) is 1. The highest BCUT2D eigenvalue weighted by molar-refractivity contribution is 5.65. The van der Waals surface area contributed by atoms with Crippen molar-refractivity contribution in [2.24, 2.45) is 0 Å². The summed E-state index contributed by atoms with van der Waals surface area (Å²) in [5.41, 5.74) is 8.60. The first-order valence-electron chi connectivity index (χ1n) is 6.92. The van der Waals surface area contributed by atoms with Crippen molar-refractivity contribution in [3.05, 3.63) is 23.8 Å². The molecule has 0 amide bonds. The second-order valence-electron chi connectivity index (χ2n) is 4.77. The molecule has 2 N–H and O–H groups in total. The third-order valence-electron chi connectivity index (χ3n) is 3.12. The predicted molar refractivity (Wildman–Crippen MR) is 78.1 cm³/mol. The van der Waals surface area contributed by atoms with Crippen LogP contribution >= 0.6 is 0 Å². The zero-order valence-electron chi connectivity index (χ0n) is 12.0. The van der Waals surface area contributed by atoms with Crippen molar-refractivity contribution in [2.45, 2.75) is 33.2 Å². The van der Waals surface area contributed by atoms with Gasteiger partial charge in [0.15, 0.2) is 5.82 Å². The van der Waals surface area contributed by atoms with Gasteiger partial charge in [0, 0.05) is 17.9 Å². The van der Waals surface area contributed by atoms with Crippen molar-refractivity contribution in [1.82, 2.24) is 20.2 Å². The fraction of sp³-hybridized carbons (Fsp3) is 0.500. The Morgan fingerprint density at radius 1 is 1.30 bits per heavy atom. The molecule has 0 aliphatic heterocycles. The first-order valence-corrected chi connectivity index (χ1v) is 6.92. The summed E-state index contributed by atoms with van der Waals surface area (Å²) >= 11 is 0. The van der Waals surface area contributed by atoms with Crippen LogP contribution in [0, 0.1) is 6.92 Å². The van der Waals surface area contributed by atoms with Crippen LogP contribution in [0.3, 0.4) is 0 Å². The number of benzene rings is 1. The van der Waals surface area contributed by atoms with Gasteiger partial charge in [-0.3, -0.25) is 0 Å². The van der Waals surface area contributed by atoms with E-state index in [-0.39, 0.29) is 0 Å². The van der Waals surface area contributed by atoms with Crippen molar-refractivity contribution in [3.8, 4) is 11.4 Å². The molecule has 0 saturated heterocycles. The first-order chi connectivity index (χ1) is 9.72. The highest BCUT2D eigenvalue weighted by Gasteiger charge is 2.11. The average molecular weight is 275 g/mol. The lowest BCUT2D eigenvalue weighted by molar-refractivity contribution is 0.121. The van der Waals surface area contributed by atoms with Crippen LogP contribution in [0.4, 0.5) is 5.69 Å². The molecule has 0 aliphatic rings. The molecular weight excluding hydrogens is 254 g/mol. The van der Waals surface area contributed by atoms with Crippen LogP contribution in [0.25, 0.3) is 11.4 Å². The van der Waals surface area contributed by atoms with Crippen LogP contribution in [0.5, 0.6) is 0 Å². The summed E-state index contributed by atoms with van der Waals surface area (Å²) in [6.45, 7) is 6.20. The summed E-state index contributed by atoms with van der Waals surface area (Å²) in [6.07, 6.45) is 2.22. The van der Waals surface area contributed by atoms with Crippen molar-refractivity contribution >= 4 is 5.69 Å². The number of ether oxygens (including phenoxy) is 1. The second-order valence-corrected chi connectivity index (χ2v) is 4.77. The Morgan fingerprint density at radius 2 is 2.15 bits per heavy atom. The van der Waals surface area contributed by atoms with Crippen LogP contribution in [0.2, 0.25) is 0 Å². The van der Waals surface area contributed by atoms with E-state index >= 15 is 0 Å². The number of aryl methyl sites for hydroxylation is 1. The van der Waals surface area contributed by atoms with E-state index < -0.39 is 0 Å². The fourth-order valence-corrected chi connectivity index (χ4v) is 1.93. The van der Waals surface area contributed by atoms with E-state index in [4.69, 9.17) is 10.5 Å². The van der Waals surface area contributed by atoms with Gasteiger partial charge in [0.2, 0.25) is 0 Å². The maximum atomic E-state index is 5.84. The van der Waals surface area contributed by atoms with Crippen LogP contribution in [0.1, 0.15) is 25.3 Å². The molecule has 0 saturated carbocycles. The molecule has 1 aromatic heterocycles. The lowest BCUT2D eigenvalue weighted by atomic mass is 10.1. The van der Waals surface area contributed by atoms with Crippen LogP contribution in [0.15, 0.2) is 18.2 Å². The van der Waals surface area contributed by atoms with Gasteiger partial charge in [-0.15, -0.1) is 5.10 Å². The molecule has 6 heteroatoms. The van der Waals surface area contributed by atoms with Gasteiger partial charge < -0.3 is 10.5 Å². The van der Waals surface area contributed by atoms with E-state index in [1.54, 1.807) is 4.68 Å². The van der Waals surface area contributed by atoms with Gasteiger partial charge in [-0.25, -0.2) is 4.68 Å². The van der Waals surface area contributed by atoms with E-state index in [1.165, 1.54) is 0 Å². The maximum absolute atomic E-state index is 5.84. The molecule has 2 rings (SSSR count). The summed E-state index contributed by atoms with van der Waals surface area (Å²) in [5.74, 6) is 0.730. The molecule has 0 bridgehead atoms. The van der Waals surface area contributed by atoms with Gasteiger partial charge in [-0.1, -0.05) is 19.4 Å². The number of hydrogen-bond acceptors (Lipinski definition) is 5. The minimum absolute atomic E-state index is 0.611. The van der Waals surface area contributed by atoms with Gasteiger partial charge in [0.05, 0.1) is 13.2 Å². The quantitative estimate of drug-likeness (QED) is 0.618. The molecule has 0 unspecified atom stereocenters. The van der Waals surface area contributed by atoms with Gasteiger partial charge in [-0.2, -0.15) is 0 Å². The number of nitrogen functional groups attached to an aromatic ring is 1. The zero-order valence-corrected chi connectivity index (χ0v) is 12.0. The maximum Gasteiger partial charge on any atom is 0.182 e. The van der Waals surface area contributed by atoms with Crippen LogP contribution < -0.4 is 5.73 Å². The molecule has 0 aliphatic carbocycles. The van der Waals surface area contributed by atoms with Gasteiger partial charge in [-0.05, 0) is 41.5 Å². The molecule has 2 aromatic rings. The van der Waals surface area contributed by atoms with Crippen LogP contribution in [-0.2, 0) is 11.3 Å². The zero-order chi connectivity index (χ0) is 14.4. The Kier molecular flexibility index (Phi) is 5.06. The third kappa shape index (κ3) is 3.54. The van der Waals surface area contributed by atoms with E-state index in [1.807, 2.05) is 25.1 Å². The summed E-state index contributed by atoms with van der Waals surface area (Å²) in [5, 5.41) is 11.9. The summed E-state index contributed by atoms with van der Waals surface area (Å²) in [4.78, 5) is 0.